The molecule has 0 saturated carbocycles. The van der Waals surface area contributed by atoms with E-state index in [0.29, 0.717) is 46.8 Å². The third kappa shape index (κ3) is 3.74. The summed E-state index contributed by atoms with van der Waals surface area (Å²) in [5, 5.41) is 0.637. The first-order chi connectivity index (χ1) is 14.2. The Morgan fingerprint density at radius 1 is 0.933 bits per heavy atom. The highest BCUT2D eigenvalue weighted by atomic mass is 35.5. The van der Waals surface area contributed by atoms with Crippen LogP contribution in [0.1, 0.15) is 42.7 Å². The number of ketones is 1. The van der Waals surface area contributed by atoms with Crippen LogP contribution in [0.4, 0.5) is 18.9 Å². The Labute approximate surface area is 181 Å². The van der Waals surface area contributed by atoms with Gasteiger partial charge in [0.05, 0.1) is 21.3 Å². The van der Waals surface area contributed by atoms with Gasteiger partial charge in [-0.15, -0.1) is 0 Å². The van der Waals surface area contributed by atoms with Gasteiger partial charge in [0.1, 0.15) is 0 Å². The highest BCUT2D eigenvalue weighted by Gasteiger charge is 2.40. The van der Waals surface area contributed by atoms with Crippen LogP contribution in [-0.4, -0.2) is 11.7 Å². The molecule has 0 fully saturated rings. The molecule has 1 aliphatic carbocycles. The summed E-state index contributed by atoms with van der Waals surface area (Å²) >= 11 is 12.1. The summed E-state index contributed by atoms with van der Waals surface area (Å²) in [6, 6.07) is 9.49. The van der Waals surface area contributed by atoms with Gasteiger partial charge in [0.2, 0.25) is 5.91 Å². The Kier molecular flexibility index (Phi) is 5.41. The van der Waals surface area contributed by atoms with Crippen molar-refractivity contribution in [2.45, 2.75) is 37.8 Å². The number of anilines is 1. The van der Waals surface area contributed by atoms with Crippen molar-refractivity contribution in [3.8, 4) is 0 Å². The number of hydrogen-bond donors (Lipinski definition) is 0. The van der Waals surface area contributed by atoms with Gasteiger partial charge in [-0.05, 0) is 48.7 Å². The predicted octanol–water partition coefficient (Wildman–Crippen LogP) is 6.54. The second-order valence-electron chi connectivity index (χ2n) is 7.34. The summed E-state index contributed by atoms with van der Waals surface area (Å²) in [5.41, 5.74) is 1.35. The number of carbonyl (C=O) groups is 2. The van der Waals surface area contributed by atoms with Gasteiger partial charge in [-0.2, -0.15) is 13.2 Å². The van der Waals surface area contributed by atoms with Crippen LogP contribution in [0.3, 0.4) is 0 Å². The van der Waals surface area contributed by atoms with E-state index in [-0.39, 0.29) is 23.1 Å². The highest BCUT2D eigenvalue weighted by Crippen LogP contribution is 2.44. The summed E-state index contributed by atoms with van der Waals surface area (Å²) in [6.07, 6.45) is -3.00. The molecular formula is C22H16Cl2F3NO2. The molecule has 156 valence electrons. The molecule has 1 atom stereocenters. The molecule has 0 radical (unpaired) electrons. The third-order valence-electron chi connectivity index (χ3n) is 5.48. The minimum Gasteiger partial charge on any atom is -0.294 e. The quantitative estimate of drug-likeness (QED) is 0.517. The molecule has 8 heteroatoms. The standard InChI is InChI=1S/C22H16Cl2F3NO2/c23-16-9-8-14(10-17(16)24)28-18-2-1-3-19(29)21(18)15(11-20(28)30)12-4-6-13(7-5-12)22(25,26)27/h4-10,15H,1-3,11H2. The molecule has 0 aromatic heterocycles. The van der Waals surface area contributed by atoms with Gasteiger partial charge in [-0.3, -0.25) is 14.5 Å². The van der Waals surface area contributed by atoms with Crippen molar-refractivity contribution in [1.29, 1.82) is 0 Å². The van der Waals surface area contributed by atoms with Crippen LogP contribution in [0.15, 0.2) is 53.7 Å². The zero-order valence-corrected chi connectivity index (χ0v) is 17.1. The Bertz CT molecular complexity index is 1060. The van der Waals surface area contributed by atoms with E-state index in [2.05, 4.69) is 0 Å². The maximum atomic E-state index is 13.1. The molecule has 0 bridgehead atoms. The molecule has 0 spiro atoms. The number of carbonyl (C=O) groups excluding carboxylic acids is 2. The number of hydrogen-bond acceptors (Lipinski definition) is 2. The number of alkyl halides is 3. The van der Waals surface area contributed by atoms with Crippen LogP contribution >= 0.6 is 23.2 Å². The number of amides is 1. The fraction of sp³-hybridized carbons (Fsp3) is 0.273. The minimum atomic E-state index is -4.45. The first-order valence-corrected chi connectivity index (χ1v) is 10.1. The van der Waals surface area contributed by atoms with E-state index in [4.69, 9.17) is 23.2 Å². The van der Waals surface area contributed by atoms with Gasteiger partial charge in [0.15, 0.2) is 5.78 Å². The number of benzene rings is 2. The Hall–Kier alpha value is -2.31. The molecule has 1 amide bonds. The molecule has 3 nitrogen and oxygen atoms in total. The molecule has 1 unspecified atom stereocenters. The molecule has 2 aromatic carbocycles. The van der Waals surface area contributed by atoms with Crippen LogP contribution < -0.4 is 4.90 Å². The molecule has 0 saturated heterocycles. The lowest BCUT2D eigenvalue weighted by atomic mass is 9.77. The van der Waals surface area contributed by atoms with Crippen molar-refractivity contribution < 1.29 is 22.8 Å². The van der Waals surface area contributed by atoms with Gasteiger partial charge in [0, 0.05) is 30.0 Å². The zero-order chi connectivity index (χ0) is 21.6. The third-order valence-corrected chi connectivity index (χ3v) is 6.22. The summed E-state index contributed by atoms with van der Waals surface area (Å²) in [5.74, 6) is -0.896. The molecule has 2 aliphatic rings. The van der Waals surface area contributed by atoms with E-state index in [1.807, 2.05) is 0 Å². The predicted molar refractivity (Wildman–Crippen MR) is 109 cm³/mol. The average Bonchev–Trinajstić information content (AvgIpc) is 2.69. The number of rotatable bonds is 2. The maximum absolute atomic E-state index is 13.1. The number of halogens is 5. The van der Waals surface area contributed by atoms with Crippen molar-refractivity contribution in [2.75, 3.05) is 4.90 Å². The second-order valence-corrected chi connectivity index (χ2v) is 8.16. The average molecular weight is 454 g/mol. The van der Waals surface area contributed by atoms with Gasteiger partial charge >= 0.3 is 6.18 Å². The first kappa shape index (κ1) is 20.9. The maximum Gasteiger partial charge on any atom is 0.416 e. The summed E-state index contributed by atoms with van der Waals surface area (Å²) in [6.45, 7) is 0. The fourth-order valence-electron chi connectivity index (χ4n) is 4.11. The number of allylic oxidation sites excluding steroid dienone is 2. The zero-order valence-electron chi connectivity index (χ0n) is 15.6. The normalized spacial score (nSPS) is 19.9. The molecular weight excluding hydrogens is 438 g/mol. The Morgan fingerprint density at radius 2 is 1.63 bits per heavy atom. The summed E-state index contributed by atoms with van der Waals surface area (Å²) < 4.78 is 38.7. The van der Waals surface area contributed by atoms with Crippen LogP contribution in [0.25, 0.3) is 0 Å². The lowest BCUT2D eigenvalue weighted by molar-refractivity contribution is -0.137. The molecule has 30 heavy (non-hydrogen) atoms. The van der Waals surface area contributed by atoms with E-state index < -0.39 is 17.7 Å². The van der Waals surface area contributed by atoms with Crippen LogP contribution in [0.2, 0.25) is 10.0 Å². The summed E-state index contributed by atoms with van der Waals surface area (Å²) in [4.78, 5) is 27.4. The van der Waals surface area contributed by atoms with E-state index in [1.54, 1.807) is 18.2 Å². The van der Waals surface area contributed by atoms with Crippen molar-refractivity contribution in [1.82, 2.24) is 0 Å². The van der Waals surface area contributed by atoms with Gasteiger partial charge in [0.25, 0.3) is 0 Å². The van der Waals surface area contributed by atoms with Gasteiger partial charge < -0.3 is 0 Å². The summed E-state index contributed by atoms with van der Waals surface area (Å²) in [7, 11) is 0. The number of nitrogens with zero attached hydrogens (tertiary/aromatic N) is 1. The van der Waals surface area contributed by atoms with Crippen LogP contribution in [-0.2, 0) is 15.8 Å². The van der Waals surface area contributed by atoms with E-state index in [0.717, 1.165) is 12.1 Å². The van der Waals surface area contributed by atoms with Crippen molar-refractivity contribution in [3.05, 3.63) is 74.9 Å². The number of Topliss-reactive ketones (excluding diaryl/α,β-unsaturated/α-hetero) is 1. The highest BCUT2D eigenvalue weighted by molar-refractivity contribution is 6.42. The minimum absolute atomic E-state index is 0.0177. The van der Waals surface area contributed by atoms with Crippen molar-refractivity contribution >= 4 is 40.6 Å². The largest absolute Gasteiger partial charge is 0.416 e. The molecule has 0 N–H and O–H groups in total. The van der Waals surface area contributed by atoms with E-state index in [9.17, 15) is 22.8 Å². The fourth-order valence-corrected chi connectivity index (χ4v) is 4.40. The van der Waals surface area contributed by atoms with Crippen LogP contribution in [0.5, 0.6) is 0 Å². The van der Waals surface area contributed by atoms with E-state index >= 15 is 0 Å². The SMILES string of the molecule is O=C1CCCC2=C1C(c1ccc(C(F)(F)F)cc1)CC(=O)N2c1ccc(Cl)c(Cl)c1. The molecule has 1 heterocycles. The molecule has 4 rings (SSSR count). The van der Waals surface area contributed by atoms with Gasteiger partial charge in [-0.25, -0.2) is 0 Å². The Balaban J connectivity index is 1.80. The lowest BCUT2D eigenvalue weighted by Crippen LogP contribution is -2.40. The smallest absolute Gasteiger partial charge is 0.294 e. The van der Waals surface area contributed by atoms with Gasteiger partial charge in [-0.1, -0.05) is 35.3 Å². The van der Waals surface area contributed by atoms with E-state index in [1.165, 1.54) is 17.0 Å². The molecule has 2 aromatic rings. The Morgan fingerprint density at radius 3 is 2.27 bits per heavy atom. The van der Waals surface area contributed by atoms with Crippen molar-refractivity contribution in [3.63, 3.8) is 0 Å². The topological polar surface area (TPSA) is 37.4 Å². The monoisotopic (exact) mass is 453 g/mol. The van der Waals surface area contributed by atoms with Crippen LogP contribution in [0, 0.1) is 0 Å². The molecule has 1 aliphatic heterocycles. The second kappa shape index (κ2) is 7.75. The lowest BCUT2D eigenvalue weighted by Gasteiger charge is -2.38. The first-order valence-electron chi connectivity index (χ1n) is 9.38. The van der Waals surface area contributed by atoms with Crippen molar-refractivity contribution in [2.24, 2.45) is 0 Å².